The molecule has 0 atom stereocenters. The minimum atomic E-state index is -0.00181. The molecule has 6 aromatic rings. The molecule has 0 radical (unpaired) electrons. The predicted molar refractivity (Wildman–Crippen MR) is 251 cm³/mol. The van der Waals surface area contributed by atoms with E-state index in [1.165, 1.54) is 156 Å². The van der Waals surface area contributed by atoms with E-state index in [0.29, 0.717) is 5.56 Å². The summed E-state index contributed by atoms with van der Waals surface area (Å²) in [5.74, 6) is -0.00181. The van der Waals surface area contributed by atoms with Crippen LogP contribution in [0.3, 0.4) is 0 Å². The highest BCUT2D eigenvalue weighted by atomic mass is 15.2. The Balaban J connectivity index is 1.63. The Hall–Kier alpha value is -5.39. The summed E-state index contributed by atoms with van der Waals surface area (Å²) >= 11 is 0. The van der Waals surface area contributed by atoms with E-state index in [2.05, 4.69) is 159 Å². The van der Waals surface area contributed by atoms with Gasteiger partial charge in [-0.05, 0) is 281 Å². The molecule has 0 fully saturated rings. The number of benzene rings is 6. The molecule has 0 amide bonds. The van der Waals surface area contributed by atoms with Crippen LogP contribution in [0.25, 0.3) is 11.1 Å². The zero-order valence-electron chi connectivity index (χ0n) is 38.9. The second kappa shape index (κ2) is 14.1. The average molecular weight is 775 g/mol. The molecule has 59 heavy (non-hydrogen) atoms. The lowest BCUT2D eigenvalue weighted by Crippen LogP contribution is -2.26. The first-order valence-corrected chi connectivity index (χ1v) is 21.7. The van der Waals surface area contributed by atoms with Gasteiger partial charge in [0.15, 0.2) is 0 Å². The van der Waals surface area contributed by atoms with Gasteiger partial charge in [0.05, 0.1) is 28.7 Å². The molecule has 2 heteroatoms. The molecule has 0 N–H and O–H groups in total. The minimum Gasteiger partial charge on any atom is -0.309 e. The molecule has 0 bridgehead atoms. The smallest absolute Gasteiger partial charge is 0.0991 e. The highest BCUT2D eigenvalue weighted by Crippen LogP contribution is 2.57. The normalized spacial score (nSPS) is 13.3. The van der Waals surface area contributed by atoms with Crippen LogP contribution in [0.1, 0.15) is 145 Å². The number of rotatable bonds is 3. The summed E-state index contributed by atoms with van der Waals surface area (Å²) in [6.07, 6.45) is 1.86. The second-order valence-corrected chi connectivity index (χ2v) is 18.5. The van der Waals surface area contributed by atoms with Gasteiger partial charge >= 0.3 is 0 Å². The van der Waals surface area contributed by atoms with Crippen molar-refractivity contribution < 1.29 is 0 Å². The first kappa shape index (κ1) is 40.4. The van der Waals surface area contributed by atoms with E-state index in [-0.39, 0.29) is 5.92 Å². The molecule has 0 spiro atoms. The minimum absolute atomic E-state index is 0.00181. The van der Waals surface area contributed by atoms with Gasteiger partial charge in [0, 0.05) is 17.9 Å². The molecule has 1 aliphatic carbocycles. The van der Waals surface area contributed by atoms with Crippen molar-refractivity contribution >= 4 is 17.1 Å². The third kappa shape index (κ3) is 5.64. The lowest BCUT2D eigenvalue weighted by atomic mass is 9.66. The van der Waals surface area contributed by atoms with Crippen molar-refractivity contribution in [2.75, 3.05) is 4.90 Å². The molecular formula is C57H62N2. The van der Waals surface area contributed by atoms with Crippen molar-refractivity contribution in [1.82, 2.24) is 0 Å². The van der Waals surface area contributed by atoms with E-state index < -0.39 is 0 Å². The summed E-state index contributed by atoms with van der Waals surface area (Å²) in [6, 6.07) is 15.9. The number of hydrogen-bond acceptors (Lipinski definition) is 2. The zero-order chi connectivity index (χ0) is 42.8. The van der Waals surface area contributed by atoms with Gasteiger partial charge in [-0.15, -0.1) is 0 Å². The maximum absolute atomic E-state index is 10.4. The summed E-state index contributed by atoms with van der Waals surface area (Å²) < 4.78 is 0. The maximum atomic E-state index is 10.4. The van der Waals surface area contributed by atoms with Crippen LogP contribution in [0.15, 0.2) is 36.4 Å². The molecule has 0 unspecified atom stereocenters. The Morgan fingerprint density at radius 3 is 1.32 bits per heavy atom. The number of hydrogen-bond donors (Lipinski definition) is 0. The van der Waals surface area contributed by atoms with Crippen LogP contribution in [-0.4, -0.2) is 0 Å². The molecule has 2 nitrogen and oxygen atoms in total. The highest BCUT2D eigenvalue weighted by molar-refractivity contribution is 5.97. The lowest BCUT2D eigenvalue weighted by Gasteiger charge is -2.42. The molecule has 8 rings (SSSR count). The summed E-state index contributed by atoms with van der Waals surface area (Å²) in [7, 11) is 0. The average Bonchev–Trinajstić information content (AvgIpc) is 3.23. The summed E-state index contributed by atoms with van der Waals surface area (Å²) in [6.45, 7) is 39.7. The van der Waals surface area contributed by atoms with Gasteiger partial charge in [0.2, 0.25) is 0 Å². The SMILES string of the molecule is Cc1cc(C2c3c(C)c(C)c(C)c(C)c3Cc3c(C)c(C)c(C)c(C)c32)c(-c2cccc(C#N)c2)c(N2c3c(C)c(C)c(C)c(C)c3Cc3c(C)c(C)c(C)c(C)c32)c1. The highest BCUT2D eigenvalue weighted by Gasteiger charge is 2.39. The number of nitriles is 1. The van der Waals surface area contributed by atoms with Crippen LogP contribution in [0.5, 0.6) is 0 Å². The first-order valence-electron chi connectivity index (χ1n) is 21.7. The summed E-state index contributed by atoms with van der Waals surface area (Å²) in [5.41, 5.74) is 40.3. The Bertz CT molecular complexity index is 2600. The van der Waals surface area contributed by atoms with Crippen molar-refractivity contribution in [2.24, 2.45) is 0 Å². The maximum Gasteiger partial charge on any atom is 0.0991 e. The van der Waals surface area contributed by atoms with Gasteiger partial charge < -0.3 is 4.90 Å². The molecular weight excluding hydrogens is 713 g/mol. The van der Waals surface area contributed by atoms with Crippen molar-refractivity contribution in [3.63, 3.8) is 0 Å². The van der Waals surface area contributed by atoms with Gasteiger partial charge in [-0.3, -0.25) is 0 Å². The van der Waals surface area contributed by atoms with E-state index >= 15 is 0 Å². The monoisotopic (exact) mass is 774 g/mol. The van der Waals surface area contributed by atoms with Crippen molar-refractivity contribution in [2.45, 2.75) is 136 Å². The number of anilines is 3. The Kier molecular flexibility index (Phi) is 9.67. The van der Waals surface area contributed by atoms with Gasteiger partial charge in [-0.1, -0.05) is 18.2 Å². The van der Waals surface area contributed by atoms with Crippen LogP contribution in [0.4, 0.5) is 17.1 Å². The van der Waals surface area contributed by atoms with Gasteiger partial charge in [-0.25, -0.2) is 0 Å². The number of fused-ring (bicyclic) bond motifs is 4. The first-order chi connectivity index (χ1) is 27.8. The van der Waals surface area contributed by atoms with E-state index in [0.717, 1.165) is 18.4 Å². The quantitative estimate of drug-likeness (QED) is 0.179. The molecule has 6 aromatic carbocycles. The molecule has 2 aliphatic rings. The third-order valence-electron chi connectivity index (χ3n) is 16.2. The fraction of sp³-hybridized carbons (Fsp3) is 0.351. The van der Waals surface area contributed by atoms with E-state index in [1.54, 1.807) is 0 Å². The molecule has 0 aromatic heterocycles. The molecule has 0 saturated heterocycles. The fourth-order valence-electron chi connectivity index (χ4n) is 11.3. The summed E-state index contributed by atoms with van der Waals surface area (Å²) in [4.78, 5) is 2.68. The molecule has 1 aliphatic heterocycles. The largest absolute Gasteiger partial charge is 0.309 e. The van der Waals surface area contributed by atoms with E-state index in [4.69, 9.17) is 0 Å². The fourth-order valence-corrected chi connectivity index (χ4v) is 11.3. The van der Waals surface area contributed by atoms with Gasteiger partial charge in [0.25, 0.3) is 0 Å². The number of aryl methyl sites for hydroxylation is 1. The predicted octanol–water partition coefficient (Wildman–Crippen LogP) is 14.9. The topological polar surface area (TPSA) is 27.0 Å². The third-order valence-corrected chi connectivity index (χ3v) is 16.2. The van der Waals surface area contributed by atoms with Crippen LogP contribution < -0.4 is 4.90 Å². The molecule has 300 valence electrons. The number of nitrogens with zero attached hydrogens (tertiary/aromatic N) is 2. The zero-order valence-corrected chi connectivity index (χ0v) is 38.9. The van der Waals surface area contributed by atoms with Crippen LogP contribution in [0, 0.1) is 129 Å². The Labute approximate surface area is 355 Å². The molecule has 1 heterocycles. The van der Waals surface area contributed by atoms with E-state index in [9.17, 15) is 5.26 Å². The Morgan fingerprint density at radius 1 is 0.458 bits per heavy atom. The van der Waals surface area contributed by atoms with Crippen molar-refractivity contribution in [3.8, 4) is 17.2 Å². The van der Waals surface area contributed by atoms with Crippen LogP contribution in [-0.2, 0) is 12.8 Å². The lowest BCUT2D eigenvalue weighted by molar-refractivity contribution is 0.837. The summed E-state index contributed by atoms with van der Waals surface area (Å²) in [5, 5.41) is 10.4. The van der Waals surface area contributed by atoms with Gasteiger partial charge in [-0.2, -0.15) is 5.26 Å². The van der Waals surface area contributed by atoms with Gasteiger partial charge in [0.1, 0.15) is 0 Å². The Morgan fingerprint density at radius 2 is 0.864 bits per heavy atom. The van der Waals surface area contributed by atoms with Crippen LogP contribution in [0.2, 0.25) is 0 Å². The second-order valence-electron chi connectivity index (χ2n) is 18.5. The van der Waals surface area contributed by atoms with Crippen molar-refractivity contribution in [3.05, 3.63) is 175 Å². The van der Waals surface area contributed by atoms with Crippen molar-refractivity contribution in [1.29, 1.82) is 5.26 Å². The van der Waals surface area contributed by atoms with E-state index in [1.807, 2.05) is 6.07 Å². The molecule has 0 saturated carbocycles. The standard InChI is InChI=1S/C57H62N2/c1-27-21-50(55-52-40(14)32(6)28(2)36(10)46(52)24-47-37(11)29(3)33(7)41(15)53(47)55)54(45-20-18-19-44(23-45)26-58)51(22-27)59-56-42(16)34(8)30(4)38(12)48(56)25-49-39(13)31(5)35(9)43(17)57(49)59/h18-23,55H,24-25H2,1-17H3. The van der Waals surface area contributed by atoms with Crippen LogP contribution >= 0.6 is 0 Å².